The fourth-order valence-corrected chi connectivity index (χ4v) is 3.05. The van der Waals surface area contributed by atoms with Gasteiger partial charge in [-0.1, -0.05) is 12.1 Å². The van der Waals surface area contributed by atoms with Gasteiger partial charge in [-0.15, -0.1) is 0 Å². The van der Waals surface area contributed by atoms with Crippen LogP contribution in [0.25, 0.3) is 0 Å². The lowest BCUT2D eigenvalue weighted by molar-refractivity contribution is -0.138. The third-order valence-corrected chi connectivity index (χ3v) is 4.79. The van der Waals surface area contributed by atoms with Gasteiger partial charge < -0.3 is 42.6 Å². The first-order chi connectivity index (χ1) is 16.5. The zero-order valence-electron chi connectivity index (χ0n) is 18.6. The maximum atomic E-state index is 12.9. The predicted octanol–water partition coefficient (Wildman–Crippen LogP) is -2.73. The lowest BCUT2D eigenvalue weighted by Gasteiger charge is -2.23. The summed E-state index contributed by atoms with van der Waals surface area (Å²) in [6.07, 6.45) is 2.32. The number of primary amides is 1. The van der Waals surface area contributed by atoms with Gasteiger partial charge in [0.25, 0.3) is 0 Å². The van der Waals surface area contributed by atoms with Crippen molar-refractivity contribution in [3.05, 3.63) is 48.0 Å². The average Bonchev–Trinajstić information content (AvgIpc) is 3.30. The molecule has 3 atom stereocenters. The number of aromatic nitrogens is 2. The number of nitrogens with one attached hydrogen (secondary N) is 4. The minimum absolute atomic E-state index is 0.0135. The van der Waals surface area contributed by atoms with Crippen LogP contribution in [0.2, 0.25) is 0 Å². The summed E-state index contributed by atoms with van der Waals surface area (Å²) in [7, 11) is 0. The highest BCUT2D eigenvalue weighted by molar-refractivity contribution is 5.96. The number of benzene rings is 1. The Morgan fingerprint density at radius 1 is 0.971 bits per heavy atom. The van der Waals surface area contributed by atoms with E-state index in [9.17, 15) is 29.1 Å². The zero-order valence-corrected chi connectivity index (χ0v) is 18.6. The van der Waals surface area contributed by atoms with Crippen molar-refractivity contribution in [2.24, 2.45) is 11.5 Å². The summed E-state index contributed by atoms with van der Waals surface area (Å²) in [5, 5.41) is 25.2. The van der Waals surface area contributed by atoms with Crippen LogP contribution >= 0.6 is 0 Å². The SMILES string of the molecule is NC(=O)CC(NC(=O)C(N)Cc1cnc[nH]1)C(=O)NC(Cc1ccc(O)cc1)C(=O)NCC(=O)O. The lowest BCUT2D eigenvalue weighted by atomic mass is 10.0. The van der Waals surface area contributed by atoms with Crippen LogP contribution in [0.5, 0.6) is 5.75 Å². The number of H-pyrrole nitrogens is 1. The van der Waals surface area contributed by atoms with E-state index in [2.05, 4.69) is 25.9 Å². The van der Waals surface area contributed by atoms with E-state index in [-0.39, 0.29) is 18.6 Å². The van der Waals surface area contributed by atoms with Crippen LogP contribution in [0.15, 0.2) is 36.8 Å². The van der Waals surface area contributed by atoms with Crippen LogP contribution in [0.3, 0.4) is 0 Å². The molecule has 0 aliphatic rings. The molecule has 2 rings (SSSR count). The molecule has 2 aromatic rings. The second-order valence-electron chi connectivity index (χ2n) is 7.66. The van der Waals surface area contributed by atoms with Crippen LogP contribution in [-0.2, 0) is 36.8 Å². The molecule has 3 unspecified atom stereocenters. The van der Waals surface area contributed by atoms with E-state index in [4.69, 9.17) is 16.6 Å². The van der Waals surface area contributed by atoms with Gasteiger partial charge in [0.15, 0.2) is 0 Å². The van der Waals surface area contributed by atoms with E-state index < -0.39 is 60.7 Å². The second-order valence-corrected chi connectivity index (χ2v) is 7.66. The molecule has 10 N–H and O–H groups in total. The largest absolute Gasteiger partial charge is 0.508 e. The van der Waals surface area contributed by atoms with Gasteiger partial charge in [0, 0.05) is 24.7 Å². The van der Waals surface area contributed by atoms with Crippen molar-refractivity contribution in [1.82, 2.24) is 25.9 Å². The number of carboxylic acids is 1. The summed E-state index contributed by atoms with van der Waals surface area (Å²) in [5.41, 5.74) is 12.2. The monoisotopic (exact) mass is 489 g/mol. The standard InChI is InChI=1S/C21H27N7O7/c22-14(6-12-8-24-10-26-12)19(33)27-16(7-17(23)30)21(35)28-15(20(34)25-9-18(31)32)5-11-1-3-13(29)4-2-11/h1-4,8,10,14-16,29H,5-7,9,22H2,(H2,23,30)(H,24,26)(H,25,34)(H,27,33)(H,28,35)(H,31,32). The van der Waals surface area contributed by atoms with Crippen LogP contribution in [0, 0.1) is 0 Å². The molecule has 188 valence electrons. The van der Waals surface area contributed by atoms with Crippen LogP contribution < -0.4 is 27.4 Å². The Kier molecular flexibility index (Phi) is 9.71. The molecule has 1 aromatic carbocycles. The summed E-state index contributed by atoms with van der Waals surface area (Å²) < 4.78 is 0. The molecule has 0 fully saturated rings. The predicted molar refractivity (Wildman–Crippen MR) is 120 cm³/mol. The lowest BCUT2D eigenvalue weighted by Crippen LogP contribution is -2.57. The number of carboxylic acid groups (broad SMARTS) is 1. The normalized spacial score (nSPS) is 13.2. The number of carbonyl (C=O) groups is 5. The molecule has 14 nitrogen and oxygen atoms in total. The van der Waals surface area contributed by atoms with E-state index >= 15 is 0 Å². The summed E-state index contributed by atoms with van der Waals surface area (Å²) >= 11 is 0. The van der Waals surface area contributed by atoms with Crippen molar-refractivity contribution >= 4 is 29.6 Å². The fraction of sp³-hybridized carbons (Fsp3) is 0.333. The van der Waals surface area contributed by atoms with Gasteiger partial charge in [-0.05, 0) is 17.7 Å². The quantitative estimate of drug-likeness (QED) is 0.145. The summed E-state index contributed by atoms with van der Waals surface area (Å²) in [6.45, 7) is -0.690. The molecule has 0 aliphatic carbocycles. The second kappa shape index (κ2) is 12.7. The molecule has 14 heteroatoms. The van der Waals surface area contributed by atoms with E-state index in [1.54, 1.807) is 0 Å². The van der Waals surface area contributed by atoms with Gasteiger partial charge in [0.1, 0.15) is 24.4 Å². The summed E-state index contributed by atoms with van der Waals surface area (Å²) in [4.78, 5) is 67.0. The molecular formula is C21H27N7O7. The van der Waals surface area contributed by atoms with Crippen molar-refractivity contribution < 1.29 is 34.2 Å². The van der Waals surface area contributed by atoms with Crippen molar-refractivity contribution in [3.8, 4) is 5.75 Å². The van der Waals surface area contributed by atoms with E-state index in [0.29, 0.717) is 11.3 Å². The minimum Gasteiger partial charge on any atom is -0.508 e. The molecule has 0 spiro atoms. The zero-order chi connectivity index (χ0) is 26.0. The molecule has 0 saturated carbocycles. The van der Waals surface area contributed by atoms with Crippen molar-refractivity contribution in [2.75, 3.05) is 6.54 Å². The average molecular weight is 489 g/mol. The number of phenolic OH excluding ortho intramolecular Hbond substituents is 1. The molecule has 35 heavy (non-hydrogen) atoms. The number of nitrogens with two attached hydrogens (primary N) is 2. The Morgan fingerprint density at radius 3 is 2.20 bits per heavy atom. The molecule has 1 heterocycles. The Balaban J connectivity index is 2.14. The fourth-order valence-electron chi connectivity index (χ4n) is 3.05. The molecule has 1 aromatic heterocycles. The maximum absolute atomic E-state index is 12.9. The summed E-state index contributed by atoms with van der Waals surface area (Å²) in [5.74, 6) is -4.66. The Hall–Kier alpha value is -4.46. The number of hydrogen-bond donors (Lipinski definition) is 8. The highest BCUT2D eigenvalue weighted by atomic mass is 16.4. The van der Waals surface area contributed by atoms with E-state index in [0.717, 1.165) is 0 Å². The molecule has 0 radical (unpaired) electrons. The number of aliphatic carboxylic acids is 1. The highest BCUT2D eigenvalue weighted by Crippen LogP contribution is 2.12. The van der Waals surface area contributed by atoms with E-state index in [1.165, 1.54) is 36.8 Å². The Morgan fingerprint density at radius 2 is 1.63 bits per heavy atom. The molecule has 4 amide bonds. The van der Waals surface area contributed by atoms with Gasteiger partial charge in [-0.3, -0.25) is 24.0 Å². The number of carbonyl (C=O) groups excluding carboxylic acids is 4. The third-order valence-electron chi connectivity index (χ3n) is 4.79. The number of rotatable bonds is 13. The summed E-state index contributed by atoms with van der Waals surface area (Å²) in [6, 6.07) is 1.98. The Bertz CT molecular complexity index is 1040. The van der Waals surface area contributed by atoms with Gasteiger partial charge in [0.05, 0.1) is 18.8 Å². The highest BCUT2D eigenvalue weighted by Gasteiger charge is 2.29. The topological polar surface area (TPSA) is 243 Å². The maximum Gasteiger partial charge on any atom is 0.322 e. The van der Waals surface area contributed by atoms with Crippen LogP contribution in [0.1, 0.15) is 17.7 Å². The first kappa shape index (κ1) is 26.8. The number of phenols is 1. The number of amides is 4. The van der Waals surface area contributed by atoms with Crippen LogP contribution in [0.4, 0.5) is 0 Å². The van der Waals surface area contributed by atoms with Gasteiger partial charge in [-0.25, -0.2) is 4.98 Å². The number of nitrogens with zero attached hydrogens (tertiary/aromatic N) is 1. The van der Waals surface area contributed by atoms with Gasteiger partial charge >= 0.3 is 5.97 Å². The van der Waals surface area contributed by atoms with Crippen molar-refractivity contribution in [2.45, 2.75) is 37.4 Å². The number of imidazole rings is 1. The number of aromatic hydroxyl groups is 1. The first-order valence-electron chi connectivity index (χ1n) is 10.4. The van der Waals surface area contributed by atoms with Gasteiger partial charge in [0.2, 0.25) is 23.6 Å². The third kappa shape index (κ3) is 9.13. The molecule has 0 saturated heterocycles. The number of aromatic amines is 1. The van der Waals surface area contributed by atoms with Gasteiger partial charge in [-0.2, -0.15) is 0 Å². The Labute approximate surface area is 199 Å². The molecule has 0 aliphatic heterocycles. The first-order valence-corrected chi connectivity index (χ1v) is 10.4. The molecule has 0 bridgehead atoms. The van der Waals surface area contributed by atoms with Crippen molar-refractivity contribution in [3.63, 3.8) is 0 Å². The molecular weight excluding hydrogens is 462 g/mol. The smallest absolute Gasteiger partial charge is 0.322 e. The van der Waals surface area contributed by atoms with E-state index in [1.807, 2.05) is 0 Å². The number of hydrogen-bond acceptors (Lipinski definition) is 8. The van der Waals surface area contributed by atoms with Crippen LogP contribution in [-0.4, -0.2) is 74.4 Å². The minimum atomic E-state index is -1.44. The van der Waals surface area contributed by atoms with Crippen molar-refractivity contribution in [1.29, 1.82) is 0 Å².